The highest BCUT2D eigenvalue weighted by atomic mass is 35.5. The first-order valence-corrected chi connectivity index (χ1v) is 10.1. The molecule has 1 fully saturated rings. The van der Waals surface area contributed by atoms with Gasteiger partial charge in [0, 0.05) is 0 Å². The molecule has 1 saturated heterocycles. The van der Waals surface area contributed by atoms with Gasteiger partial charge >= 0.3 is 0 Å². The number of carbonyl (C=O) groups excluding carboxylic acids is 2. The van der Waals surface area contributed by atoms with Crippen LogP contribution in [0.25, 0.3) is 6.08 Å². The summed E-state index contributed by atoms with van der Waals surface area (Å²) in [4.78, 5) is 26.6. The van der Waals surface area contributed by atoms with Crippen molar-refractivity contribution in [2.24, 2.45) is 0 Å². The molecule has 0 unspecified atom stereocenters. The molecule has 0 aromatic heterocycles. The zero-order valence-corrected chi connectivity index (χ0v) is 17.5. The predicted octanol–water partition coefficient (Wildman–Crippen LogP) is 5.39. The molecule has 28 heavy (non-hydrogen) atoms. The fraction of sp³-hybridized carbons (Fsp3) is 0.0500. The lowest BCUT2D eigenvalue weighted by atomic mass is 10.2. The number of thioether (sulfide) groups is 1. The Balaban J connectivity index is 1.65. The minimum atomic E-state index is -0.415. The number of hydrogen-bond acceptors (Lipinski definition) is 4. The second kappa shape index (κ2) is 9.39. The number of benzene rings is 2. The minimum Gasteiger partial charge on any atom is -0.323 e. The third-order valence-electron chi connectivity index (χ3n) is 3.74. The Hall–Kier alpha value is -2.12. The first-order chi connectivity index (χ1) is 13.5. The van der Waals surface area contributed by atoms with Crippen molar-refractivity contribution in [2.45, 2.75) is 0 Å². The molecular formula is C20H14Cl2N2O2S2. The molecule has 4 nitrogen and oxygen atoms in total. The Morgan fingerprint density at radius 2 is 1.89 bits per heavy atom. The first-order valence-electron chi connectivity index (χ1n) is 8.16. The van der Waals surface area contributed by atoms with E-state index in [2.05, 4.69) is 5.32 Å². The number of allylic oxidation sites excluding steroid dienone is 2. The zero-order chi connectivity index (χ0) is 20.1. The summed E-state index contributed by atoms with van der Waals surface area (Å²) in [7, 11) is 0. The van der Waals surface area contributed by atoms with E-state index < -0.39 is 5.91 Å². The first kappa shape index (κ1) is 20.6. The van der Waals surface area contributed by atoms with Crippen LogP contribution in [-0.4, -0.2) is 27.6 Å². The number of amides is 2. The predicted molar refractivity (Wildman–Crippen MR) is 121 cm³/mol. The van der Waals surface area contributed by atoms with Gasteiger partial charge in [-0.25, -0.2) is 0 Å². The molecule has 2 amide bonds. The van der Waals surface area contributed by atoms with Crippen molar-refractivity contribution in [2.75, 3.05) is 11.9 Å². The number of thiocarbonyl (C=S) groups is 1. The largest absolute Gasteiger partial charge is 0.323 e. The average Bonchev–Trinajstić information content (AvgIpc) is 2.94. The van der Waals surface area contributed by atoms with Crippen LogP contribution >= 0.6 is 47.2 Å². The number of carbonyl (C=O) groups is 2. The maximum Gasteiger partial charge on any atom is 0.266 e. The van der Waals surface area contributed by atoms with Crippen LogP contribution in [0.2, 0.25) is 10.0 Å². The van der Waals surface area contributed by atoms with Crippen molar-refractivity contribution in [1.82, 2.24) is 4.90 Å². The Morgan fingerprint density at radius 3 is 2.64 bits per heavy atom. The van der Waals surface area contributed by atoms with Crippen LogP contribution in [0.4, 0.5) is 5.69 Å². The van der Waals surface area contributed by atoms with Gasteiger partial charge in [-0.1, -0.05) is 95.7 Å². The van der Waals surface area contributed by atoms with Gasteiger partial charge in [0.15, 0.2) is 0 Å². The summed E-state index contributed by atoms with van der Waals surface area (Å²) >= 11 is 18.4. The SMILES string of the molecule is O=C(CN1C(=O)C(=CC=Cc2ccccc2)SC1=S)Nc1cccc(Cl)c1Cl. The van der Waals surface area contributed by atoms with Crippen molar-refractivity contribution >= 4 is 75.1 Å². The maximum atomic E-state index is 12.6. The van der Waals surface area contributed by atoms with E-state index >= 15 is 0 Å². The van der Waals surface area contributed by atoms with E-state index in [4.69, 9.17) is 35.4 Å². The molecule has 8 heteroatoms. The van der Waals surface area contributed by atoms with Crippen molar-refractivity contribution < 1.29 is 9.59 Å². The lowest BCUT2D eigenvalue weighted by molar-refractivity contribution is -0.126. The summed E-state index contributed by atoms with van der Waals surface area (Å²) in [5, 5.41) is 3.22. The number of nitrogens with zero attached hydrogens (tertiary/aromatic N) is 1. The van der Waals surface area contributed by atoms with E-state index in [1.54, 1.807) is 30.4 Å². The normalized spacial score (nSPS) is 15.6. The lowest BCUT2D eigenvalue weighted by Gasteiger charge is -2.14. The summed E-state index contributed by atoms with van der Waals surface area (Å²) in [5.41, 5.74) is 1.40. The summed E-state index contributed by atoms with van der Waals surface area (Å²) in [6.07, 6.45) is 5.37. The average molecular weight is 449 g/mol. The van der Waals surface area contributed by atoms with Gasteiger partial charge in [-0.2, -0.15) is 0 Å². The van der Waals surface area contributed by atoms with Crippen molar-refractivity contribution in [3.05, 3.63) is 81.2 Å². The fourth-order valence-corrected chi connectivity index (χ4v) is 3.95. The van der Waals surface area contributed by atoms with Gasteiger partial charge in [0.05, 0.1) is 20.6 Å². The molecule has 1 heterocycles. The van der Waals surface area contributed by atoms with E-state index in [9.17, 15) is 9.59 Å². The third-order valence-corrected chi connectivity index (χ3v) is 5.95. The molecule has 142 valence electrons. The number of hydrogen-bond donors (Lipinski definition) is 1. The topological polar surface area (TPSA) is 49.4 Å². The van der Waals surface area contributed by atoms with Gasteiger partial charge in [0.2, 0.25) is 5.91 Å². The van der Waals surface area contributed by atoms with Crippen LogP contribution in [0.15, 0.2) is 65.6 Å². The van der Waals surface area contributed by atoms with Gasteiger partial charge in [-0.15, -0.1) is 0 Å². The number of halogens is 2. The van der Waals surface area contributed by atoms with Gasteiger partial charge in [-0.05, 0) is 23.8 Å². The van der Waals surface area contributed by atoms with Crippen LogP contribution in [0.3, 0.4) is 0 Å². The monoisotopic (exact) mass is 448 g/mol. The Morgan fingerprint density at radius 1 is 1.14 bits per heavy atom. The highest BCUT2D eigenvalue weighted by molar-refractivity contribution is 8.26. The highest BCUT2D eigenvalue weighted by Crippen LogP contribution is 2.32. The minimum absolute atomic E-state index is 0.201. The maximum absolute atomic E-state index is 12.6. The molecule has 0 saturated carbocycles. The van der Waals surface area contributed by atoms with Crippen LogP contribution in [0.1, 0.15) is 5.56 Å². The zero-order valence-electron chi connectivity index (χ0n) is 14.4. The van der Waals surface area contributed by atoms with Crippen LogP contribution in [0, 0.1) is 0 Å². The Bertz CT molecular complexity index is 991. The number of anilines is 1. The van der Waals surface area contributed by atoms with E-state index in [0.29, 0.717) is 19.9 Å². The molecule has 1 aliphatic rings. The van der Waals surface area contributed by atoms with E-state index in [1.165, 1.54) is 4.90 Å². The van der Waals surface area contributed by atoms with Gasteiger partial charge in [0.1, 0.15) is 10.9 Å². The molecule has 2 aromatic rings. The number of rotatable bonds is 5. The molecule has 1 aliphatic heterocycles. The summed E-state index contributed by atoms with van der Waals surface area (Å²) in [6, 6.07) is 14.6. The van der Waals surface area contributed by atoms with Crippen LogP contribution < -0.4 is 5.32 Å². The lowest BCUT2D eigenvalue weighted by Crippen LogP contribution is -2.36. The highest BCUT2D eigenvalue weighted by Gasteiger charge is 2.33. The van der Waals surface area contributed by atoms with Crippen LogP contribution in [-0.2, 0) is 9.59 Å². The van der Waals surface area contributed by atoms with Gasteiger partial charge in [-0.3, -0.25) is 14.5 Å². The molecular weight excluding hydrogens is 435 g/mol. The summed E-state index contributed by atoms with van der Waals surface area (Å²) in [5.74, 6) is -0.721. The molecule has 1 N–H and O–H groups in total. The summed E-state index contributed by atoms with van der Waals surface area (Å²) in [6.45, 7) is -0.201. The van der Waals surface area contributed by atoms with E-state index in [-0.39, 0.29) is 17.5 Å². The molecule has 0 aliphatic carbocycles. The van der Waals surface area contributed by atoms with E-state index in [1.807, 2.05) is 36.4 Å². The number of nitrogens with one attached hydrogen (secondary N) is 1. The molecule has 3 rings (SSSR count). The van der Waals surface area contributed by atoms with E-state index in [0.717, 1.165) is 17.3 Å². The molecule has 0 bridgehead atoms. The third kappa shape index (κ3) is 5.02. The quantitative estimate of drug-likeness (QED) is 0.491. The molecule has 2 aromatic carbocycles. The molecule has 0 spiro atoms. The van der Waals surface area contributed by atoms with Crippen molar-refractivity contribution in [1.29, 1.82) is 0 Å². The second-order valence-electron chi connectivity index (χ2n) is 5.71. The standard InChI is InChI=1S/C20H14Cl2N2O2S2/c21-14-9-5-10-15(18(14)22)23-17(25)12-24-19(26)16(28-20(24)27)11-4-8-13-6-2-1-3-7-13/h1-11H,12H2,(H,23,25). The Kier molecular flexibility index (Phi) is 6.91. The van der Waals surface area contributed by atoms with Gasteiger partial charge < -0.3 is 5.32 Å². The molecule has 0 radical (unpaired) electrons. The van der Waals surface area contributed by atoms with Gasteiger partial charge in [0.25, 0.3) is 5.91 Å². The van der Waals surface area contributed by atoms with Crippen molar-refractivity contribution in [3.63, 3.8) is 0 Å². The second-order valence-corrected chi connectivity index (χ2v) is 8.17. The summed E-state index contributed by atoms with van der Waals surface area (Å²) < 4.78 is 0.330. The van der Waals surface area contributed by atoms with Crippen molar-refractivity contribution in [3.8, 4) is 0 Å². The smallest absolute Gasteiger partial charge is 0.266 e. The van der Waals surface area contributed by atoms with Crippen LogP contribution in [0.5, 0.6) is 0 Å². The Labute approximate surface area is 182 Å². The molecule has 0 atom stereocenters. The fourth-order valence-electron chi connectivity index (χ4n) is 2.39.